The first kappa shape index (κ1) is 14.8. The van der Waals surface area contributed by atoms with Crippen LogP contribution in [0.1, 0.15) is 12.8 Å². The molecule has 0 atom stereocenters. The van der Waals surface area contributed by atoms with E-state index in [0.29, 0.717) is 0 Å². The van der Waals surface area contributed by atoms with Crippen LogP contribution in [0.5, 0.6) is 0 Å². The minimum absolute atomic E-state index is 0.145. The Labute approximate surface area is 116 Å². The summed E-state index contributed by atoms with van der Waals surface area (Å²) < 4.78 is 76.5. The number of halogens is 6. The van der Waals surface area contributed by atoms with Crippen LogP contribution in [0.25, 0.3) is 0 Å². The van der Waals surface area contributed by atoms with Crippen LogP contribution in [0.15, 0.2) is 42.1 Å². The Morgan fingerprint density at radius 1 is 0.737 bits per heavy atom. The molecule has 0 spiro atoms. The van der Waals surface area contributed by atoms with Crippen LogP contribution >= 0.6 is 0 Å². The van der Waals surface area contributed by atoms with Crippen molar-refractivity contribution in [1.82, 2.24) is 0 Å². The van der Waals surface area contributed by atoms with Crippen molar-refractivity contribution >= 4 is 0 Å². The molecule has 2 aliphatic rings. The van der Waals surface area contributed by atoms with Gasteiger partial charge in [-0.25, -0.2) is 0 Å². The summed E-state index contributed by atoms with van der Waals surface area (Å²) in [4.78, 5) is 0. The Hall–Kier alpha value is -0.590. The third kappa shape index (κ3) is 3.30. The molecule has 0 fully saturated rings. The molecular formula is C12H8F6Hf. The summed E-state index contributed by atoms with van der Waals surface area (Å²) in [5.41, 5.74) is -1.45. The summed E-state index contributed by atoms with van der Waals surface area (Å²) in [7, 11) is 0. The molecule has 0 aliphatic heterocycles. The number of hydrogen-bond donors (Lipinski definition) is 0. The van der Waals surface area contributed by atoms with Gasteiger partial charge in [-0.3, -0.25) is 0 Å². The van der Waals surface area contributed by atoms with Crippen molar-refractivity contribution in [2.75, 3.05) is 0 Å². The van der Waals surface area contributed by atoms with Gasteiger partial charge in [0.15, 0.2) is 0 Å². The summed E-state index contributed by atoms with van der Waals surface area (Å²) in [6, 6.07) is 0. The molecule has 102 valence electrons. The van der Waals surface area contributed by atoms with Gasteiger partial charge >= 0.3 is 117 Å². The molecule has 0 aromatic rings. The predicted octanol–water partition coefficient (Wildman–Crippen LogP) is 4.62. The Bertz CT molecular complexity index is 455. The van der Waals surface area contributed by atoms with Gasteiger partial charge in [-0.1, -0.05) is 0 Å². The van der Waals surface area contributed by atoms with Crippen LogP contribution in [0.4, 0.5) is 26.3 Å². The van der Waals surface area contributed by atoms with Crippen LogP contribution in [0.3, 0.4) is 0 Å². The zero-order chi connectivity index (χ0) is 14.3. The fourth-order valence-corrected chi connectivity index (χ4v) is 7.43. The zero-order valence-electron chi connectivity index (χ0n) is 9.49. The first-order valence-corrected chi connectivity index (χ1v) is 8.99. The SMILES string of the molecule is FC(F)(F)C1=[C]([Hf][C]2=C(C(F)(F)F)C=CC2)CC=C1. The van der Waals surface area contributed by atoms with Crippen LogP contribution in [-0.4, -0.2) is 12.4 Å². The fraction of sp³-hybridized carbons (Fsp3) is 0.333. The van der Waals surface area contributed by atoms with Crippen molar-refractivity contribution in [2.24, 2.45) is 0 Å². The van der Waals surface area contributed by atoms with Gasteiger partial charge < -0.3 is 0 Å². The summed E-state index contributed by atoms with van der Waals surface area (Å²) >= 11 is -2.26. The Morgan fingerprint density at radius 3 is 1.42 bits per heavy atom. The molecule has 19 heavy (non-hydrogen) atoms. The second kappa shape index (κ2) is 5.07. The minimum atomic E-state index is -4.46. The van der Waals surface area contributed by atoms with Crippen molar-refractivity contribution in [3.05, 3.63) is 42.1 Å². The van der Waals surface area contributed by atoms with Crippen LogP contribution in [-0.2, 0) is 22.9 Å². The molecule has 7 heteroatoms. The number of allylic oxidation sites excluding steroid dienone is 8. The normalized spacial score (nSPS) is 19.9. The first-order valence-electron chi connectivity index (χ1n) is 5.40. The van der Waals surface area contributed by atoms with E-state index in [1.54, 1.807) is 0 Å². The van der Waals surface area contributed by atoms with Gasteiger partial charge in [-0.15, -0.1) is 0 Å². The van der Waals surface area contributed by atoms with E-state index in [2.05, 4.69) is 0 Å². The second-order valence-corrected chi connectivity index (χ2v) is 9.35. The number of hydrogen-bond acceptors (Lipinski definition) is 0. The molecule has 0 nitrogen and oxygen atoms in total. The topological polar surface area (TPSA) is 0 Å². The van der Waals surface area contributed by atoms with E-state index in [9.17, 15) is 26.3 Å². The Balaban J connectivity index is 2.28. The molecule has 0 unspecified atom stereocenters. The number of rotatable bonds is 2. The maximum atomic E-state index is 12.7. The molecule has 2 rings (SSSR count). The predicted molar refractivity (Wildman–Crippen MR) is 53.7 cm³/mol. The van der Waals surface area contributed by atoms with E-state index in [0.717, 1.165) is 12.2 Å². The van der Waals surface area contributed by atoms with Gasteiger partial charge in [0.25, 0.3) is 0 Å². The van der Waals surface area contributed by atoms with Crippen LogP contribution in [0.2, 0.25) is 0 Å². The third-order valence-electron chi connectivity index (χ3n) is 2.78. The van der Waals surface area contributed by atoms with E-state index < -0.39 is 46.4 Å². The van der Waals surface area contributed by atoms with Crippen LogP contribution in [0, 0.1) is 0 Å². The van der Waals surface area contributed by atoms with Gasteiger partial charge in [0.2, 0.25) is 0 Å². The molecule has 0 saturated carbocycles. The molecule has 0 radical (unpaired) electrons. The van der Waals surface area contributed by atoms with Gasteiger partial charge in [0.05, 0.1) is 0 Å². The average Bonchev–Trinajstić information content (AvgIpc) is 2.83. The summed E-state index contributed by atoms with van der Waals surface area (Å²) in [6.07, 6.45) is -3.90. The van der Waals surface area contributed by atoms with Crippen molar-refractivity contribution < 1.29 is 49.2 Å². The van der Waals surface area contributed by atoms with Gasteiger partial charge in [0.1, 0.15) is 0 Å². The summed E-state index contributed by atoms with van der Waals surface area (Å²) in [5.74, 6) is 0. The van der Waals surface area contributed by atoms with E-state index in [4.69, 9.17) is 0 Å². The Morgan fingerprint density at radius 2 is 1.11 bits per heavy atom. The molecule has 0 aromatic heterocycles. The molecule has 0 saturated heterocycles. The molecule has 0 bridgehead atoms. The summed E-state index contributed by atoms with van der Waals surface area (Å²) in [5, 5.41) is 0. The third-order valence-corrected chi connectivity index (χ3v) is 8.35. The molecule has 2 aliphatic carbocycles. The fourth-order valence-electron chi connectivity index (χ4n) is 1.96. The quantitative estimate of drug-likeness (QED) is 0.431. The molecular weight excluding hydrogens is 437 g/mol. The van der Waals surface area contributed by atoms with Crippen molar-refractivity contribution in [1.29, 1.82) is 0 Å². The van der Waals surface area contributed by atoms with Gasteiger partial charge in [-0.05, 0) is 0 Å². The molecule has 0 aromatic carbocycles. The molecule has 0 heterocycles. The van der Waals surface area contributed by atoms with E-state index >= 15 is 0 Å². The first-order chi connectivity index (χ1) is 8.69. The second-order valence-electron chi connectivity index (χ2n) is 4.12. The van der Waals surface area contributed by atoms with E-state index in [1.165, 1.54) is 12.2 Å². The van der Waals surface area contributed by atoms with Gasteiger partial charge in [-0.2, -0.15) is 0 Å². The van der Waals surface area contributed by atoms with Crippen molar-refractivity contribution in [3.63, 3.8) is 0 Å². The number of alkyl halides is 6. The Kier molecular flexibility index (Phi) is 3.95. The van der Waals surface area contributed by atoms with Crippen molar-refractivity contribution in [2.45, 2.75) is 25.2 Å². The summed E-state index contributed by atoms with van der Waals surface area (Å²) in [6.45, 7) is 0. The standard InChI is InChI=1S/2C6H4F3.Hf/c2*7-6(8,9)5-3-1-2-4-5;/h2*1,3H,2H2;. The van der Waals surface area contributed by atoms with Crippen molar-refractivity contribution in [3.8, 4) is 0 Å². The van der Waals surface area contributed by atoms with E-state index in [1.807, 2.05) is 0 Å². The molecule has 0 N–H and O–H groups in total. The van der Waals surface area contributed by atoms with E-state index in [-0.39, 0.29) is 19.5 Å². The maximum absolute atomic E-state index is 12.7. The van der Waals surface area contributed by atoms with Crippen LogP contribution < -0.4 is 0 Å². The van der Waals surface area contributed by atoms with Gasteiger partial charge in [0, 0.05) is 0 Å². The average molecular weight is 445 g/mol. The monoisotopic (exact) mass is 446 g/mol. The molecule has 0 amide bonds. The zero-order valence-corrected chi connectivity index (χ0v) is 13.1.